The number of imidazole rings is 1. The molecule has 1 aromatic carbocycles. The molecule has 0 saturated carbocycles. The molecule has 0 unspecified atom stereocenters. The zero-order valence-electron chi connectivity index (χ0n) is 23.7. The lowest BCUT2D eigenvalue weighted by atomic mass is 10.1. The number of aliphatic hydroxyl groups is 1. The predicted molar refractivity (Wildman–Crippen MR) is 146 cm³/mol. The molecule has 2 saturated heterocycles. The maximum Gasteiger partial charge on any atom is 0.435 e. The Morgan fingerprint density at radius 2 is 1.84 bits per heavy atom. The molecule has 4 aromatic rings. The number of carbonyl (C=O) groups is 2. The quantitative estimate of drug-likeness (QED) is 0.359. The molecule has 2 aliphatic rings. The van der Waals surface area contributed by atoms with Gasteiger partial charge in [0.1, 0.15) is 11.9 Å². The van der Waals surface area contributed by atoms with E-state index in [1.807, 2.05) is 0 Å². The van der Waals surface area contributed by atoms with Gasteiger partial charge in [0.05, 0.1) is 30.7 Å². The second kappa shape index (κ2) is 11.4. The second-order valence-corrected chi connectivity index (χ2v) is 10.5. The molecule has 2 aliphatic heterocycles. The highest BCUT2D eigenvalue weighted by atomic mass is 19.4. The number of benzene rings is 1. The van der Waals surface area contributed by atoms with Crippen LogP contribution in [0.1, 0.15) is 21.6 Å². The number of nitrogens with zero attached hydrogens (tertiary/aromatic N) is 7. The van der Waals surface area contributed by atoms with Gasteiger partial charge in [-0.2, -0.15) is 18.3 Å². The molecule has 0 spiro atoms. The summed E-state index contributed by atoms with van der Waals surface area (Å²) in [7, 11) is 1.41. The van der Waals surface area contributed by atoms with E-state index in [9.17, 15) is 27.9 Å². The van der Waals surface area contributed by atoms with Gasteiger partial charge in [0, 0.05) is 57.4 Å². The van der Waals surface area contributed by atoms with Crippen LogP contribution in [-0.2, 0) is 22.7 Å². The first kappa shape index (κ1) is 29.4. The zero-order chi connectivity index (χ0) is 31.2. The number of amides is 2. The van der Waals surface area contributed by atoms with E-state index < -0.39 is 30.2 Å². The Balaban J connectivity index is 1.13. The van der Waals surface area contributed by atoms with Crippen LogP contribution in [-0.4, -0.2) is 103 Å². The minimum atomic E-state index is -4.65. The Bertz CT molecular complexity index is 1710. The number of aliphatic hydroxyl groups excluding tert-OH is 1. The van der Waals surface area contributed by atoms with E-state index in [1.54, 1.807) is 30.0 Å². The van der Waals surface area contributed by atoms with Gasteiger partial charge in [-0.15, -0.1) is 0 Å². The first-order valence-corrected chi connectivity index (χ1v) is 13.7. The molecule has 2 atom stereocenters. The van der Waals surface area contributed by atoms with Gasteiger partial charge < -0.3 is 29.1 Å². The van der Waals surface area contributed by atoms with Gasteiger partial charge in [-0.05, 0) is 30.7 Å². The number of alkyl halides is 3. The molecule has 0 aliphatic carbocycles. The molecule has 0 radical (unpaired) electrons. The summed E-state index contributed by atoms with van der Waals surface area (Å²) in [5.74, 6) is 0.207. The van der Waals surface area contributed by atoms with Crippen molar-refractivity contribution in [1.29, 1.82) is 0 Å². The van der Waals surface area contributed by atoms with E-state index in [0.29, 0.717) is 30.0 Å². The van der Waals surface area contributed by atoms with E-state index >= 15 is 0 Å². The maximum absolute atomic E-state index is 13.6. The van der Waals surface area contributed by atoms with Crippen molar-refractivity contribution in [3.8, 4) is 22.9 Å². The Morgan fingerprint density at radius 3 is 2.52 bits per heavy atom. The third-order valence-corrected chi connectivity index (χ3v) is 7.49. The van der Waals surface area contributed by atoms with E-state index in [1.165, 1.54) is 41.1 Å². The van der Waals surface area contributed by atoms with Gasteiger partial charge in [0.25, 0.3) is 11.8 Å². The van der Waals surface area contributed by atoms with Crippen LogP contribution >= 0.6 is 0 Å². The summed E-state index contributed by atoms with van der Waals surface area (Å²) < 4.78 is 59.7. The van der Waals surface area contributed by atoms with Crippen LogP contribution in [0.3, 0.4) is 0 Å². The molecule has 1 N–H and O–H groups in total. The van der Waals surface area contributed by atoms with E-state index in [4.69, 9.17) is 14.2 Å². The predicted octanol–water partition coefficient (Wildman–Crippen LogP) is 2.90. The van der Waals surface area contributed by atoms with E-state index in [0.717, 1.165) is 4.68 Å². The van der Waals surface area contributed by atoms with Crippen molar-refractivity contribution in [2.75, 3.05) is 39.4 Å². The number of hydrogen-bond acceptors (Lipinski definition) is 9. The van der Waals surface area contributed by atoms with Crippen LogP contribution in [0.25, 0.3) is 16.9 Å². The normalized spacial score (nSPS) is 19.0. The van der Waals surface area contributed by atoms with Gasteiger partial charge in [-0.1, -0.05) is 0 Å². The number of aromatic nitrogens is 5. The Morgan fingerprint density at radius 1 is 1.09 bits per heavy atom. The van der Waals surface area contributed by atoms with Gasteiger partial charge >= 0.3 is 12.3 Å². The fourth-order valence-electron chi connectivity index (χ4n) is 5.21. The standard InChI is InChI=1S/C28H28F3N7O6/c1-16-11-17(3-4-18(16)26(40)36-7-9-37(10-8-36)27(41)44-22-15-42-14-21(22)39)43-25-24-33-12-20(38(24)6-5-32-25)19-13-35(2)34-23(19)28(29,30)31/h3-6,11-13,21-22,39H,7-10,14-15H2,1-2H3/t21-,22-/m1/s1. The summed E-state index contributed by atoms with van der Waals surface area (Å²) >= 11 is 0. The van der Waals surface area contributed by atoms with E-state index in [-0.39, 0.29) is 55.0 Å². The van der Waals surface area contributed by atoms with Crippen LogP contribution in [0.5, 0.6) is 11.6 Å². The summed E-state index contributed by atoms with van der Waals surface area (Å²) in [4.78, 5) is 37.4. The Hall–Kier alpha value is -4.70. The molecule has 2 amide bonds. The number of halogens is 3. The van der Waals surface area contributed by atoms with E-state index in [2.05, 4.69) is 15.1 Å². The van der Waals surface area contributed by atoms with Crippen LogP contribution < -0.4 is 4.74 Å². The largest absolute Gasteiger partial charge is 0.441 e. The lowest BCUT2D eigenvalue weighted by Gasteiger charge is -2.35. The van der Waals surface area contributed by atoms with Crippen LogP contribution in [0, 0.1) is 6.92 Å². The number of aryl methyl sites for hydroxylation is 2. The lowest BCUT2D eigenvalue weighted by Crippen LogP contribution is -2.51. The van der Waals surface area contributed by atoms with Crippen LogP contribution in [0.2, 0.25) is 0 Å². The highest BCUT2D eigenvalue weighted by molar-refractivity contribution is 5.96. The minimum absolute atomic E-state index is 0.0642. The number of rotatable bonds is 5. The van der Waals surface area contributed by atoms with Gasteiger partial charge in [0.2, 0.25) is 5.65 Å². The first-order valence-electron chi connectivity index (χ1n) is 13.7. The fourth-order valence-corrected chi connectivity index (χ4v) is 5.21. The second-order valence-electron chi connectivity index (χ2n) is 10.5. The Labute approximate surface area is 248 Å². The monoisotopic (exact) mass is 615 g/mol. The SMILES string of the molecule is Cc1cc(Oc2nccn3c(-c4cn(C)nc4C(F)(F)F)cnc23)ccc1C(=O)N1CCN(C(=O)O[C@@H]2COC[C@H]2O)CC1. The molecule has 13 nitrogen and oxygen atoms in total. The molecule has 16 heteroatoms. The number of ether oxygens (including phenoxy) is 3. The fraction of sp³-hybridized carbons (Fsp3) is 0.393. The minimum Gasteiger partial charge on any atom is -0.441 e. The molecule has 2 fully saturated rings. The average Bonchev–Trinajstić information content (AvgIpc) is 3.71. The van der Waals surface area contributed by atoms with Crippen molar-refractivity contribution >= 4 is 17.6 Å². The Kier molecular flexibility index (Phi) is 7.63. The van der Waals surface area contributed by atoms with Crippen molar-refractivity contribution in [1.82, 2.24) is 33.9 Å². The van der Waals surface area contributed by atoms with Crippen molar-refractivity contribution in [3.63, 3.8) is 0 Å². The maximum atomic E-state index is 13.6. The third-order valence-electron chi connectivity index (χ3n) is 7.49. The number of piperazine rings is 1. The number of hydrogen-bond donors (Lipinski definition) is 1. The van der Waals surface area contributed by atoms with Crippen molar-refractivity contribution in [3.05, 3.63) is 59.8 Å². The van der Waals surface area contributed by atoms with Crippen LogP contribution in [0.15, 0.2) is 43.0 Å². The average molecular weight is 616 g/mol. The smallest absolute Gasteiger partial charge is 0.435 e. The summed E-state index contributed by atoms with van der Waals surface area (Å²) in [6.45, 7) is 3.18. The molecular weight excluding hydrogens is 587 g/mol. The highest BCUT2D eigenvalue weighted by Crippen LogP contribution is 2.37. The topological polar surface area (TPSA) is 137 Å². The lowest BCUT2D eigenvalue weighted by molar-refractivity contribution is -0.141. The molecule has 5 heterocycles. The molecule has 3 aromatic heterocycles. The first-order chi connectivity index (χ1) is 21.0. The molecule has 232 valence electrons. The van der Waals surface area contributed by atoms with Gasteiger partial charge in [-0.3, -0.25) is 13.9 Å². The molecule has 0 bridgehead atoms. The summed E-state index contributed by atoms with van der Waals surface area (Å²) in [5.41, 5.74) is 0.281. The van der Waals surface area contributed by atoms with Crippen molar-refractivity contribution in [2.24, 2.45) is 7.05 Å². The van der Waals surface area contributed by atoms with Crippen LogP contribution in [0.4, 0.5) is 18.0 Å². The number of fused-ring (bicyclic) bond motifs is 1. The van der Waals surface area contributed by atoms with Crippen molar-refractivity contribution in [2.45, 2.75) is 25.3 Å². The van der Waals surface area contributed by atoms with Crippen molar-refractivity contribution < 1.29 is 42.1 Å². The summed E-state index contributed by atoms with van der Waals surface area (Å²) in [6.07, 6.45) is -1.32. The zero-order valence-corrected chi connectivity index (χ0v) is 23.7. The third kappa shape index (κ3) is 5.65. The van der Waals surface area contributed by atoms with Gasteiger partial charge in [0.15, 0.2) is 11.8 Å². The number of carbonyl (C=O) groups excluding carboxylic acids is 2. The highest BCUT2D eigenvalue weighted by Gasteiger charge is 2.38. The molecular formula is C28H28F3N7O6. The summed E-state index contributed by atoms with van der Waals surface area (Å²) in [6, 6.07) is 4.88. The summed E-state index contributed by atoms with van der Waals surface area (Å²) in [5, 5.41) is 13.4. The molecule has 6 rings (SSSR count). The molecule has 44 heavy (non-hydrogen) atoms. The van der Waals surface area contributed by atoms with Gasteiger partial charge in [-0.25, -0.2) is 14.8 Å².